The van der Waals surface area contributed by atoms with Gasteiger partial charge in [0.05, 0.1) is 15.6 Å². The van der Waals surface area contributed by atoms with E-state index in [4.69, 9.17) is 23.2 Å². The van der Waals surface area contributed by atoms with E-state index in [0.717, 1.165) is 6.16 Å². The maximum absolute atomic E-state index is 11.5. The first-order chi connectivity index (χ1) is 6.16. The van der Waals surface area contributed by atoms with Crippen LogP contribution in [0, 0.1) is 0 Å². The van der Waals surface area contributed by atoms with Gasteiger partial charge in [0.15, 0.2) is 5.78 Å². The molecule has 0 aromatic heterocycles. The van der Waals surface area contributed by atoms with Gasteiger partial charge in [-0.25, -0.2) is 0 Å². The van der Waals surface area contributed by atoms with Crippen LogP contribution < -0.4 is 0 Å². The average Bonchev–Trinajstić information content (AvgIpc) is 2.04. The summed E-state index contributed by atoms with van der Waals surface area (Å²) < 4.78 is 0. The molecule has 0 heterocycles. The standard InChI is InChI=1S/C9H9Cl2OP/c10-6-2-1-3-7(11)9(6)8(12)4-5-13/h1-3H,4-5,13H2. The second-order valence-corrected chi connectivity index (χ2v) is 3.95. The van der Waals surface area contributed by atoms with Gasteiger partial charge in [-0.3, -0.25) is 4.79 Å². The van der Waals surface area contributed by atoms with E-state index in [0.29, 0.717) is 22.0 Å². The van der Waals surface area contributed by atoms with E-state index in [9.17, 15) is 4.79 Å². The second kappa shape index (κ2) is 4.95. The molecule has 1 aromatic rings. The zero-order valence-electron chi connectivity index (χ0n) is 6.89. The minimum Gasteiger partial charge on any atom is -0.294 e. The molecule has 13 heavy (non-hydrogen) atoms. The second-order valence-electron chi connectivity index (χ2n) is 2.56. The number of Topliss-reactive ketones (excluding diaryl/α,β-unsaturated/α-hetero) is 1. The third kappa shape index (κ3) is 2.67. The van der Waals surface area contributed by atoms with Crippen LogP contribution in [0.2, 0.25) is 10.0 Å². The molecule has 1 atom stereocenters. The highest BCUT2D eigenvalue weighted by molar-refractivity contribution is 7.16. The van der Waals surface area contributed by atoms with Crippen molar-refractivity contribution in [2.45, 2.75) is 6.42 Å². The molecule has 0 N–H and O–H groups in total. The van der Waals surface area contributed by atoms with Gasteiger partial charge in [0, 0.05) is 6.42 Å². The van der Waals surface area contributed by atoms with Gasteiger partial charge in [0.2, 0.25) is 0 Å². The van der Waals surface area contributed by atoms with E-state index in [1.807, 2.05) is 0 Å². The Bertz CT molecular complexity index is 305. The third-order valence-corrected chi connectivity index (χ3v) is 2.53. The minimum absolute atomic E-state index is 0.00870. The van der Waals surface area contributed by atoms with Gasteiger partial charge < -0.3 is 0 Å². The Hall–Kier alpha value is -0.100. The van der Waals surface area contributed by atoms with Gasteiger partial charge in [0.1, 0.15) is 0 Å². The Morgan fingerprint density at radius 2 is 1.85 bits per heavy atom. The minimum atomic E-state index is -0.00870. The number of halogens is 2. The van der Waals surface area contributed by atoms with Crippen LogP contribution in [0.15, 0.2) is 18.2 Å². The largest absolute Gasteiger partial charge is 0.294 e. The fourth-order valence-corrected chi connectivity index (χ4v) is 1.89. The SMILES string of the molecule is O=C(CCP)c1c(Cl)cccc1Cl. The van der Waals surface area contributed by atoms with Crippen molar-refractivity contribution in [2.24, 2.45) is 0 Å². The lowest BCUT2D eigenvalue weighted by Crippen LogP contribution is -2.01. The molecular weight excluding hydrogens is 226 g/mol. The van der Waals surface area contributed by atoms with Crippen molar-refractivity contribution in [3.8, 4) is 0 Å². The maximum atomic E-state index is 11.5. The molecule has 0 saturated heterocycles. The van der Waals surface area contributed by atoms with E-state index in [2.05, 4.69) is 9.24 Å². The fourth-order valence-electron chi connectivity index (χ4n) is 1.02. The van der Waals surface area contributed by atoms with Gasteiger partial charge in [-0.05, 0) is 18.3 Å². The summed E-state index contributed by atoms with van der Waals surface area (Å²) in [6, 6.07) is 5.06. The molecule has 70 valence electrons. The third-order valence-electron chi connectivity index (χ3n) is 1.61. The van der Waals surface area contributed by atoms with Crippen molar-refractivity contribution in [2.75, 3.05) is 6.16 Å². The number of rotatable bonds is 3. The van der Waals surface area contributed by atoms with Gasteiger partial charge in [-0.15, -0.1) is 9.24 Å². The predicted octanol–water partition coefficient (Wildman–Crippen LogP) is 3.44. The number of ketones is 1. The molecule has 0 aliphatic rings. The van der Waals surface area contributed by atoms with Gasteiger partial charge in [0.25, 0.3) is 0 Å². The zero-order valence-corrected chi connectivity index (χ0v) is 9.55. The van der Waals surface area contributed by atoms with Crippen molar-refractivity contribution in [1.29, 1.82) is 0 Å². The lowest BCUT2D eigenvalue weighted by atomic mass is 10.1. The molecule has 0 radical (unpaired) electrons. The monoisotopic (exact) mass is 234 g/mol. The Kier molecular flexibility index (Phi) is 4.18. The van der Waals surface area contributed by atoms with Gasteiger partial charge in [-0.1, -0.05) is 29.3 Å². The summed E-state index contributed by atoms with van der Waals surface area (Å²) in [5.41, 5.74) is 0.438. The molecule has 0 amide bonds. The van der Waals surface area contributed by atoms with Crippen molar-refractivity contribution in [3.63, 3.8) is 0 Å². The van der Waals surface area contributed by atoms with E-state index in [1.54, 1.807) is 18.2 Å². The number of carbonyl (C=O) groups excluding carboxylic acids is 1. The Labute approximate surface area is 89.6 Å². The quantitative estimate of drug-likeness (QED) is 0.579. The molecule has 0 bridgehead atoms. The first kappa shape index (κ1) is 11.0. The van der Waals surface area contributed by atoms with Crippen molar-refractivity contribution in [1.82, 2.24) is 0 Å². The molecule has 1 rings (SSSR count). The Morgan fingerprint density at radius 1 is 1.31 bits per heavy atom. The molecule has 1 unspecified atom stereocenters. The van der Waals surface area contributed by atoms with E-state index >= 15 is 0 Å². The molecule has 1 nitrogen and oxygen atoms in total. The zero-order chi connectivity index (χ0) is 9.84. The lowest BCUT2D eigenvalue weighted by molar-refractivity contribution is 0.0990. The summed E-state index contributed by atoms with van der Waals surface area (Å²) in [6.07, 6.45) is 1.18. The smallest absolute Gasteiger partial charge is 0.166 e. The highest BCUT2D eigenvalue weighted by Crippen LogP contribution is 2.25. The first-order valence-electron chi connectivity index (χ1n) is 3.84. The van der Waals surface area contributed by atoms with Crippen molar-refractivity contribution >= 4 is 38.2 Å². The summed E-state index contributed by atoms with van der Waals surface area (Å²) in [6.45, 7) is 0. The Balaban J connectivity index is 3.05. The molecular formula is C9H9Cl2OP. The molecule has 0 aliphatic carbocycles. The normalized spacial score (nSPS) is 10.1. The molecule has 1 aromatic carbocycles. The highest BCUT2D eigenvalue weighted by atomic mass is 35.5. The topological polar surface area (TPSA) is 17.1 Å². The number of hydrogen-bond donors (Lipinski definition) is 0. The van der Waals surface area contributed by atoms with Crippen LogP contribution in [-0.4, -0.2) is 11.9 Å². The van der Waals surface area contributed by atoms with Gasteiger partial charge >= 0.3 is 0 Å². The van der Waals surface area contributed by atoms with Crippen LogP contribution in [0.5, 0.6) is 0 Å². The van der Waals surface area contributed by atoms with Crippen LogP contribution in [0.3, 0.4) is 0 Å². The average molecular weight is 235 g/mol. The number of carbonyl (C=O) groups is 1. The lowest BCUT2D eigenvalue weighted by Gasteiger charge is -2.03. The predicted molar refractivity (Wildman–Crippen MR) is 60.0 cm³/mol. The number of benzene rings is 1. The molecule has 0 aliphatic heterocycles. The van der Waals surface area contributed by atoms with Crippen LogP contribution in [0.25, 0.3) is 0 Å². The Morgan fingerprint density at radius 3 is 2.31 bits per heavy atom. The molecule has 0 saturated carbocycles. The van der Waals surface area contributed by atoms with E-state index < -0.39 is 0 Å². The van der Waals surface area contributed by atoms with E-state index in [-0.39, 0.29) is 5.78 Å². The van der Waals surface area contributed by atoms with Crippen molar-refractivity contribution < 1.29 is 4.79 Å². The molecule has 0 fully saturated rings. The highest BCUT2D eigenvalue weighted by Gasteiger charge is 2.12. The maximum Gasteiger partial charge on any atom is 0.166 e. The number of hydrogen-bond acceptors (Lipinski definition) is 1. The van der Waals surface area contributed by atoms with Crippen LogP contribution in [0.4, 0.5) is 0 Å². The van der Waals surface area contributed by atoms with Crippen LogP contribution >= 0.6 is 32.4 Å². The summed E-state index contributed by atoms with van der Waals surface area (Å²) >= 11 is 11.7. The fraction of sp³-hybridized carbons (Fsp3) is 0.222. The van der Waals surface area contributed by atoms with Crippen LogP contribution in [-0.2, 0) is 0 Å². The summed E-state index contributed by atoms with van der Waals surface area (Å²) in [5, 5.41) is 0.854. The van der Waals surface area contributed by atoms with Crippen LogP contribution in [0.1, 0.15) is 16.8 Å². The first-order valence-corrected chi connectivity index (χ1v) is 5.41. The van der Waals surface area contributed by atoms with E-state index in [1.165, 1.54) is 0 Å². The molecule has 4 heteroatoms. The summed E-state index contributed by atoms with van der Waals surface area (Å²) in [4.78, 5) is 11.5. The van der Waals surface area contributed by atoms with Gasteiger partial charge in [-0.2, -0.15) is 0 Å². The summed E-state index contributed by atoms with van der Waals surface area (Å²) in [5.74, 6) is -0.00870. The van der Waals surface area contributed by atoms with Crippen molar-refractivity contribution in [3.05, 3.63) is 33.8 Å². The molecule has 0 spiro atoms. The summed E-state index contributed by atoms with van der Waals surface area (Å²) in [7, 11) is 2.50.